The summed E-state index contributed by atoms with van der Waals surface area (Å²) in [4.78, 5) is 23.7. The number of anilines is 2. The van der Waals surface area contributed by atoms with Gasteiger partial charge in [0.2, 0.25) is 5.91 Å². The van der Waals surface area contributed by atoms with Gasteiger partial charge in [0, 0.05) is 11.9 Å². The summed E-state index contributed by atoms with van der Waals surface area (Å²) in [6.07, 6.45) is -0.747. The number of aryl methyl sites for hydroxylation is 1. The third-order valence-corrected chi connectivity index (χ3v) is 4.17. The Labute approximate surface area is 159 Å². The zero-order valence-corrected chi connectivity index (χ0v) is 16.4. The van der Waals surface area contributed by atoms with Crippen molar-refractivity contribution in [1.82, 2.24) is 0 Å². The molecule has 2 rings (SSSR count). The molecule has 0 spiro atoms. The van der Waals surface area contributed by atoms with Gasteiger partial charge in [-0.15, -0.1) is 0 Å². The van der Waals surface area contributed by atoms with E-state index in [0.29, 0.717) is 22.1 Å². The standard InChI is InChI=1S/C18H18BrClN2O3/c1-10-4-7-17(14(19)8-10)25-11(2)18(24)22-16-9-13(20)5-6-15(16)21-12(3)23/h4-9,11H,1-3H3,(H,21,23)(H,22,24). The number of amides is 2. The molecule has 2 aromatic rings. The second-order valence-corrected chi connectivity index (χ2v) is 6.85. The van der Waals surface area contributed by atoms with Crippen LogP contribution in [0.2, 0.25) is 5.02 Å². The predicted octanol–water partition coefficient (Wildman–Crippen LogP) is 4.78. The van der Waals surface area contributed by atoms with E-state index in [1.54, 1.807) is 31.2 Å². The Morgan fingerprint density at radius 2 is 1.84 bits per heavy atom. The minimum atomic E-state index is -0.747. The van der Waals surface area contributed by atoms with Crippen molar-refractivity contribution in [2.45, 2.75) is 26.9 Å². The normalized spacial score (nSPS) is 11.6. The fraction of sp³-hybridized carbons (Fsp3) is 0.222. The minimum absolute atomic E-state index is 0.245. The van der Waals surface area contributed by atoms with Crippen LogP contribution >= 0.6 is 27.5 Å². The second-order valence-electron chi connectivity index (χ2n) is 5.55. The van der Waals surface area contributed by atoms with E-state index < -0.39 is 6.10 Å². The molecule has 132 valence electrons. The number of halogens is 2. The van der Waals surface area contributed by atoms with E-state index >= 15 is 0 Å². The molecule has 1 atom stereocenters. The lowest BCUT2D eigenvalue weighted by molar-refractivity contribution is -0.122. The van der Waals surface area contributed by atoms with Gasteiger partial charge in [-0.1, -0.05) is 17.7 Å². The Hall–Kier alpha value is -2.05. The average molecular weight is 426 g/mol. The Kier molecular flexibility index (Phi) is 6.45. The minimum Gasteiger partial charge on any atom is -0.480 e. The van der Waals surface area contributed by atoms with Crippen molar-refractivity contribution in [3.63, 3.8) is 0 Å². The highest BCUT2D eigenvalue weighted by Gasteiger charge is 2.18. The maximum Gasteiger partial charge on any atom is 0.265 e. The number of rotatable bonds is 5. The van der Waals surface area contributed by atoms with E-state index in [2.05, 4.69) is 26.6 Å². The maximum atomic E-state index is 12.4. The topological polar surface area (TPSA) is 67.4 Å². The van der Waals surface area contributed by atoms with Crippen molar-refractivity contribution >= 4 is 50.7 Å². The summed E-state index contributed by atoms with van der Waals surface area (Å²) in [6.45, 7) is 5.00. The zero-order chi connectivity index (χ0) is 18.6. The number of hydrogen-bond acceptors (Lipinski definition) is 3. The molecule has 7 heteroatoms. The number of ether oxygens (including phenoxy) is 1. The quantitative estimate of drug-likeness (QED) is 0.725. The van der Waals surface area contributed by atoms with Gasteiger partial charge in [-0.25, -0.2) is 0 Å². The molecule has 2 amide bonds. The average Bonchev–Trinajstić information content (AvgIpc) is 2.52. The van der Waals surface area contributed by atoms with Crippen LogP contribution in [0.4, 0.5) is 11.4 Å². The smallest absolute Gasteiger partial charge is 0.265 e. The van der Waals surface area contributed by atoms with E-state index in [-0.39, 0.29) is 11.8 Å². The molecule has 0 radical (unpaired) electrons. The van der Waals surface area contributed by atoms with Gasteiger partial charge < -0.3 is 15.4 Å². The molecule has 25 heavy (non-hydrogen) atoms. The van der Waals surface area contributed by atoms with Crippen molar-refractivity contribution in [2.24, 2.45) is 0 Å². The third-order valence-electron chi connectivity index (χ3n) is 3.31. The van der Waals surface area contributed by atoms with Crippen LogP contribution in [0, 0.1) is 6.92 Å². The fourth-order valence-corrected chi connectivity index (χ4v) is 2.86. The van der Waals surface area contributed by atoms with Crippen molar-refractivity contribution in [3.8, 4) is 5.75 Å². The Morgan fingerprint density at radius 3 is 2.48 bits per heavy atom. The van der Waals surface area contributed by atoms with Crippen LogP contribution in [0.25, 0.3) is 0 Å². The van der Waals surface area contributed by atoms with Gasteiger partial charge in [0.25, 0.3) is 5.91 Å². The van der Waals surface area contributed by atoms with Gasteiger partial charge in [0.05, 0.1) is 15.8 Å². The molecular weight excluding hydrogens is 408 g/mol. The molecule has 0 aliphatic rings. The number of carbonyl (C=O) groups is 2. The number of benzene rings is 2. The lowest BCUT2D eigenvalue weighted by Gasteiger charge is -2.17. The molecule has 1 unspecified atom stereocenters. The summed E-state index contributed by atoms with van der Waals surface area (Å²) >= 11 is 9.40. The molecule has 0 aromatic heterocycles. The van der Waals surface area contributed by atoms with Crippen LogP contribution in [-0.2, 0) is 9.59 Å². The van der Waals surface area contributed by atoms with Gasteiger partial charge in [-0.05, 0) is 65.7 Å². The highest BCUT2D eigenvalue weighted by molar-refractivity contribution is 9.10. The zero-order valence-electron chi connectivity index (χ0n) is 14.0. The van der Waals surface area contributed by atoms with Crippen LogP contribution in [-0.4, -0.2) is 17.9 Å². The van der Waals surface area contributed by atoms with Crippen molar-refractivity contribution in [1.29, 1.82) is 0 Å². The van der Waals surface area contributed by atoms with Gasteiger partial charge in [0.15, 0.2) is 6.10 Å². The number of carbonyl (C=O) groups excluding carboxylic acids is 2. The number of hydrogen-bond donors (Lipinski definition) is 2. The monoisotopic (exact) mass is 424 g/mol. The first kappa shape index (κ1) is 19.3. The summed E-state index contributed by atoms with van der Waals surface area (Å²) in [5, 5.41) is 5.82. The first-order valence-electron chi connectivity index (χ1n) is 7.57. The van der Waals surface area contributed by atoms with E-state index in [1.807, 2.05) is 19.1 Å². The Bertz CT molecular complexity index is 811. The molecule has 0 aliphatic carbocycles. The van der Waals surface area contributed by atoms with Gasteiger partial charge >= 0.3 is 0 Å². The molecule has 0 fully saturated rings. The van der Waals surface area contributed by atoms with Crippen LogP contribution < -0.4 is 15.4 Å². The highest BCUT2D eigenvalue weighted by atomic mass is 79.9. The molecule has 2 N–H and O–H groups in total. The second kappa shape index (κ2) is 8.36. The van der Waals surface area contributed by atoms with Gasteiger partial charge in [-0.2, -0.15) is 0 Å². The van der Waals surface area contributed by atoms with Crippen LogP contribution in [0.3, 0.4) is 0 Å². The molecule has 5 nitrogen and oxygen atoms in total. The van der Waals surface area contributed by atoms with Gasteiger partial charge in [-0.3, -0.25) is 9.59 Å². The van der Waals surface area contributed by atoms with E-state index in [4.69, 9.17) is 16.3 Å². The molecule has 0 bridgehead atoms. The highest BCUT2D eigenvalue weighted by Crippen LogP contribution is 2.28. The molecule has 0 saturated heterocycles. The summed E-state index contributed by atoms with van der Waals surface area (Å²) in [5.41, 5.74) is 1.95. The molecule has 0 saturated carbocycles. The van der Waals surface area contributed by atoms with Gasteiger partial charge in [0.1, 0.15) is 5.75 Å². The SMILES string of the molecule is CC(=O)Nc1ccc(Cl)cc1NC(=O)C(C)Oc1ccc(C)cc1Br. The molecule has 0 aliphatic heterocycles. The predicted molar refractivity (Wildman–Crippen MR) is 103 cm³/mol. The van der Waals surface area contributed by atoms with Crippen LogP contribution in [0.15, 0.2) is 40.9 Å². The summed E-state index contributed by atoms with van der Waals surface area (Å²) in [7, 11) is 0. The van der Waals surface area contributed by atoms with Crippen molar-refractivity contribution in [2.75, 3.05) is 10.6 Å². The van der Waals surface area contributed by atoms with Crippen molar-refractivity contribution < 1.29 is 14.3 Å². The Balaban J connectivity index is 2.13. The molecular formula is C18H18BrClN2O3. The first-order valence-corrected chi connectivity index (χ1v) is 8.74. The van der Waals surface area contributed by atoms with E-state index in [1.165, 1.54) is 6.92 Å². The van der Waals surface area contributed by atoms with Crippen LogP contribution in [0.1, 0.15) is 19.4 Å². The van der Waals surface area contributed by atoms with E-state index in [0.717, 1.165) is 10.0 Å². The van der Waals surface area contributed by atoms with Crippen molar-refractivity contribution in [3.05, 3.63) is 51.5 Å². The third kappa shape index (κ3) is 5.47. The fourth-order valence-electron chi connectivity index (χ4n) is 2.10. The molecule has 0 heterocycles. The Morgan fingerprint density at radius 1 is 1.12 bits per heavy atom. The summed E-state index contributed by atoms with van der Waals surface area (Å²) in [6, 6.07) is 10.4. The largest absolute Gasteiger partial charge is 0.480 e. The summed E-state index contributed by atoms with van der Waals surface area (Å²) < 4.78 is 6.48. The first-order chi connectivity index (χ1) is 11.8. The lowest BCUT2D eigenvalue weighted by atomic mass is 10.2. The number of nitrogens with one attached hydrogen (secondary N) is 2. The summed E-state index contributed by atoms with van der Waals surface area (Å²) in [5.74, 6) is -0.0338. The maximum absolute atomic E-state index is 12.4. The molecule has 2 aromatic carbocycles. The lowest BCUT2D eigenvalue weighted by Crippen LogP contribution is -2.30. The van der Waals surface area contributed by atoms with E-state index in [9.17, 15) is 9.59 Å². The van der Waals surface area contributed by atoms with Crippen LogP contribution in [0.5, 0.6) is 5.75 Å².